The van der Waals surface area contributed by atoms with Crippen LogP contribution in [0.4, 0.5) is 0 Å². The normalized spacial score (nSPS) is 14.9. The van der Waals surface area contributed by atoms with Crippen molar-refractivity contribution in [3.8, 4) is 0 Å². The predicted molar refractivity (Wildman–Crippen MR) is 114 cm³/mol. The van der Waals surface area contributed by atoms with E-state index in [0.717, 1.165) is 36.0 Å². The van der Waals surface area contributed by atoms with Gasteiger partial charge in [0.25, 0.3) is 5.91 Å². The van der Waals surface area contributed by atoms with Gasteiger partial charge in [0.1, 0.15) is 0 Å². The van der Waals surface area contributed by atoms with Crippen LogP contribution in [0.3, 0.4) is 0 Å². The van der Waals surface area contributed by atoms with Crippen LogP contribution in [0.15, 0.2) is 45.8 Å². The van der Waals surface area contributed by atoms with Gasteiger partial charge < -0.3 is 9.42 Å². The Bertz CT molecular complexity index is 1190. The summed E-state index contributed by atoms with van der Waals surface area (Å²) < 4.78 is 33.7. The van der Waals surface area contributed by atoms with Gasteiger partial charge in [0.2, 0.25) is 10.0 Å². The molecule has 8 heteroatoms. The van der Waals surface area contributed by atoms with Gasteiger partial charge in [0.15, 0.2) is 11.3 Å². The third kappa shape index (κ3) is 4.11. The molecule has 30 heavy (non-hydrogen) atoms. The number of benzene rings is 2. The number of likely N-dealkylation sites (tertiary alicyclic amines) is 1. The summed E-state index contributed by atoms with van der Waals surface area (Å²) in [6.07, 6.45) is 3.03. The molecular weight excluding hydrogens is 402 g/mol. The summed E-state index contributed by atoms with van der Waals surface area (Å²) in [5.74, 6) is -0.216. The summed E-state index contributed by atoms with van der Waals surface area (Å²) in [6, 6.07) is 10.4. The summed E-state index contributed by atoms with van der Waals surface area (Å²) in [5, 5.41) is 4.34. The van der Waals surface area contributed by atoms with Gasteiger partial charge in [0, 0.05) is 19.6 Å². The second kappa shape index (κ2) is 8.20. The van der Waals surface area contributed by atoms with Crippen molar-refractivity contribution in [3.63, 3.8) is 0 Å². The first-order valence-corrected chi connectivity index (χ1v) is 11.6. The number of aromatic nitrogens is 1. The van der Waals surface area contributed by atoms with Crippen molar-refractivity contribution >= 4 is 26.9 Å². The minimum absolute atomic E-state index is 0.0798. The van der Waals surface area contributed by atoms with Crippen LogP contribution in [0.25, 0.3) is 11.0 Å². The number of sulfonamides is 1. The molecule has 0 atom stereocenters. The maximum atomic E-state index is 12.9. The van der Waals surface area contributed by atoms with Crippen LogP contribution >= 0.6 is 0 Å². The number of rotatable bonds is 5. The molecule has 1 aromatic heterocycles. The van der Waals surface area contributed by atoms with E-state index in [9.17, 15) is 13.2 Å². The molecule has 0 saturated carbocycles. The van der Waals surface area contributed by atoms with Crippen LogP contribution in [0, 0.1) is 13.8 Å². The highest BCUT2D eigenvalue weighted by molar-refractivity contribution is 7.89. The highest BCUT2D eigenvalue weighted by atomic mass is 32.2. The highest BCUT2D eigenvalue weighted by Gasteiger charge is 2.25. The van der Waals surface area contributed by atoms with Crippen LogP contribution in [-0.2, 0) is 16.6 Å². The monoisotopic (exact) mass is 427 g/mol. The van der Waals surface area contributed by atoms with Gasteiger partial charge in [-0.15, -0.1) is 0 Å². The molecule has 7 nitrogen and oxygen atoms in total. The molecule has 2 heterocycles. The Hall–Kier alpha value is -2.71. The third-order valence-electron chi connectivity index (χ3n) is 5.55. The van der Waals surface area contributed by atoms with Gasteiger partial charge in [-0.3, -0.25) is 4.79 Å². The van der Waals surface area contributed by atoms with Crippen molar-refractivity contribution in [3.05, 3.63) is 58.8 Å². The van der Waals surface area contributed by atoms with Crippen molar-refractivity contribution in [2.75, 3.05) is 13.1 Å². The van der Waals surface area contributed by atoms with Gasteiger partial charge in [0.05, 0.1) is 10.3 Å². The molecule has 0 spiro atoms. The molecule has 158 valence electrons. The lowest BCUT2D eigenvalue weighted by Gasteiger charge is -2.25. The summed E-state index contributed by atoms with van der Waals surface area (Å²) in [4.78, 5) is 14.7. The van der Waals surface area contributed by atoms with E-state index in [1.54, 1.807) is 11.0 Å². The van der Waals surface area contributed by atoms with Gasteiger partial charge in [-0.2, -0.15) is 0 Å². The standard InChI is InChI=1S/C22H25N3O4S/c1-15-6-7-16(2)17(12-15)14-23-30(27,28)18-8-9-20-19(13-18)21(24-29-20)22(26)25-10-4-3-5-11-25/h6-9,12-13,23H,3-5,10-11,14H2,1-2H3. The van der Waals surface area contributed by atoms with Crippen molar-refractivity contribution in [2.24, 2.45) is 0 Å². The molecule has 1 fully saturated rings. The van der Waals surface area contributed by atoms with Gasteiger partial charge >= 0.3 is 0 Å². The number of piperidine rings is 1. The van der Waals surface area contributed by atoms with Crippen LogP contribution in [0.1, 0.15) is 46.4 Å². The molecule has 4 rings (SSSR count). The SMILES string of the molecule is Cc1ccc(C)c(CNS(=O)(=O)c2ccc3onc(C(=O)N4CCCCC4)c3c2)c1. The molecule has 1 aliphatic heterocycles. The van der Waals surface area contributed by atoms with Crippen molar-refractivity contribution in [1.82, 2.24) is 14.8 Å². The number of hydrogen-bond donors (Lipinski definition) is 1. The minimum atomic E-state index is -3.77. The lowest BCUT2D eigenvalue weighted by Crippen LogP contribution is -2.35. The largest absolute Gasteiger partial charge is 0.355 e. The Balaban J connectivity index is 1.60. The Morgan fingerprint density at radius 1 is 1.10 bits per heavy atom. The average Bonchev–Trinajstić information content (AvgIpc) is 3.18. The minimum Gasteiger partial charge on any atom is -0.355 e. The summed E-state index contributed by atoms with van der Waals surface area (Å²) in [7, 11) is -3.77. The van der Waals surface area contributed by atoms with E-state index in [2.05, 4.69) is 9.88 Å². The molecular formula is C22H25N3O4S. The number of carbonyl (C=O) groups excluding carboxylic acids is 1. The summed E-state index contributed by atoms with van der Waals surface area (Å²) in [5.41, 5.74) is 3.57. The van der Waals surface area contributed by atoms with E-state index in [1.807, 2.05) is 32.0 Å². The van der Waals surface area contributed by atoms with E-state index in [4.69, 9.17) is 4.52 Å². The second-order valence-corrected chi connectivity index (χ2v) is 9.56. The number of nitrogens with one attached hydrogen (secondary N) is 1. The molecule has 0 unspecified atom stereocenters. The van der Waals surface area contributed by atoms with E-state index in [0.29, 0.717) is 24.1 Å². The maximum Gasteiger partial charge on any atom is 0.276 e. The fraction of sp³-hybridized carbons (Fsp3) is 0.364. The van der Waals surface area contributed by atoms with E-state index < -0.39 is 10.0 Å². The zero-order valence-corrected chi connectivity index (χ0v) is 18.0. The first-order chi connectivity index (χ1) is 14.3. The van der Waals surface area contributed by atoms with Crippen molar-refractivity contribution in [1.29, 1.82) is 0 Å². The zero-order chi connectivity index (χ0) is 21.3. The lowest BCUT2D eigenvalue weighted by molar-refractivity contribution is 0.0716. The molecule has 2 aromatic carbocycles. The fourth-order valence-corrected chi connectivity index (χ4v) is 4.77. The van der Waals surface area contributed by atoms with Gasteiger partial charge in [-0.05, 0) is 62.4 Å². The molecule has 1 aliphatic rings. The fourth-order valence-electron chi connectivity index (χ4n) is 3.73. The molecule has 0 aliphatic carbocycles. The zero-order valence-electron chi connectivity index (χ0n) is 17.1. The van der Waals surface area contributed by atoms with Crippen molar-refractivity contribution in [2.45, 2.75) is 44.6 Å². The van der Waals surface area contributed by atoms with Gasteiger partial charge in [-0.25, -0.2) is 13.1 Å². The first-order valence-electron chi connectivity index (χ1n) is 10.1. The highest BCUT2D eigenvalue weighted by Crippen LogP contribution is 2.25. The lowest BCUT2D eigenvalue weighted by atomic mass is 10.1. The van der Waals surface area contributed by atoms with Crippen LogP contribution in [-0.4, -0.2) is 37.5 Å². The predicted octanol–water partition coefficient (Wildman–Crippen LogP) is 3.55. The number of fused-ring (bicyclic) bond motifs is 1. The number of carbonyl (C=O) groups is 1. The molecule has 3 aromatic rings. The summed E-state index contributed by atoms with van der Waals surface area (Å²) in [6.45, 7) is 5.48. The Morgan fingerprint density at radius 2 is 1.87 bits per heavy atom. The average molecular weight is 428 g/mol. The number of hydrogen-bond acceptors (Lipinski definition) is 5. The Kier molecular flexibility index (Phi) is 5.62. The molecule has 1 N–H and O–H groups in total. The quantitative estimate of drug-likeness (QED) is 0.672. The molecule has 1 amide bonds. The third-order valence-corrected chi connectivity index (χ3v) is 6.95. The van der Waals surface area contributed by atoms with Crippen LogP contribution in [0.5, 0.6) is 0 Å². The smallest absolute Gasteiger partial charge is 0.276 e. The number of nitrogens with zero attached hydrogens (tertiary/aromatic N) is 2. The summed E-state index contributed by atoms with van der Waals surface area (Å²) >= 11 is 0. The maximum absolute atomic E-state index is 12.9. The second-order valence-electron chi connectivity index (χ2n) is 7.80. The number of aryl methyl sites for hydroxylation is 2. The Morgan fingerprint density at radius 3 is 2.63 bits per heavy atom. The van der Waals surface area contributed by atoms with Crippen LogP contribution < -0.4 is 4.72 Å². The van der Waals surface area contributed by atoms with Crippen molar-refractivity contribution < 1.29 is 17.7 Å². The van der Waals surface area contributed by atoms with E-state index >= 15 is 0 Å². The van der Waals surface area contributed by atoms with E-state index in [-0.39, 0.29) is 23.0 Å². The Labute approximate surface area is 176 Å². The topological polar surface area (TPSA) is 92.5 Å². The van der Waals surface area contributed by atoms with Gasteiger partial charge in [-0.1, -0.05) is 28.9 Å². The molecule has 0 bridgehead atoms. The van der Waals surface area contributed by atoms with E-state index in [1.165, 1.54) is 12.1 Å². The first kappa shape index (κ1) is 20.6. The van der Waals surface area contributed by atoms with Crippen LogP contribution in [0.2, 0.25) is 0 Å². The molecule has 1 saturated heterocycles. The molecule has 0 radical (unpaired) electrons. The number of amides is 1.